The highest BCUT2D eigenvalue weighted by molar-refractivity contribution is 9.11. The molecular weight excluding hydrogens is 613 g/mol. The van der Waals surface area contributed by atoms with Crippen LogP contribution in [0.15, 0.2) is 84.8 Å². The molecule has 0 atom stereocenters. The first-order chi connectivity index (χ1) is 14.9. The van der Waals surface area contributed by atoms with Crippen LogP contribution in [0.1, 0.15) is 16.7 Å². The largest absolute Gasteiger partial charge is 0.486 e. The van der Waals surface area contributed by atoms with Gasteiger partial charge in [0, 0.05) is 10.0 Å². The molecule has 0 unspecified atom stereocenters. The maximum atomic E-state index is 12.3. The van der Waals surface area contributed by atoms with E-state index < -0.39 is 5.97 Å². The minimum absolute atomic E-state index is 0.188. The summed E-state index contributed by atoms with van der Waals surface area (Å²) in [6.45, 7) is 0.400. The lowest BCUT2D eigenvalue weighted by atomic mass is 10.2. The maximum absolute atomic E-state index is 12.3. The molecule has 156 valence electrons. The van der Waals surface area contributed by atoms with Crippen LogP contribution in [0, 0.1) is 0 Å². The molecule has 31 heavy (non-hydrogen) atoms. The summed E-state index contributed by atoms with van der Waals surface area (Å²) in [5, 5.41) is 0.465. The summed E-state index contributed by atoms with van der Waals surface area (Å²) >= 11 is 16.8. The Labute approximate surface area is 209 Å². The molecule has 0 spiro atoms. The van der Waals surface area contributed by atoms with E-state index in [9.17, 15) is 4.79 Å². The van der Waals surface area contributed by atoms with E-state index in [4.69, 9.17) is 21.1 Å². The number of carbonyl (C=O) groups excluding carboxylic acids is 1. The summed E-state index contributed by atoms with van der Waals surface area (Å²) in [5.41, 5.74) is 2.54. The zero-order valence-corrected chi connectivity index (χ0v) is 21.3. The number of benzene rings is 3. The first kappa shape index (κ1) is 22.3. The highest BCUT2D eigenvalue weighted by Gasteiger charge is 2.25. The van der Waals surface area contributed by atoms with E-state index in [0.717, 1.165) is 24.5 Å². The highest BCUT2D eigenvalue weighted by Crippen LogP contribution is 2.36. The van der Waals surface area contributed by atoms with Gasteiger partial charge in [-0.15, -0.1) is 0 Å². The summed E-state index contributed by atoms with van der Waals surface area (Å²) in [5.74, 6) is 0.317. The molecule has 8 heteroatoms. The van der Waals surface area contributed by atoms with Gasteiger partial charge in [-0.1, -0.05) is 57.9 Å². The predicted molar refractivity (Wildman–Crippen MR) is 132 cm³/mol. The molecule has 4 rings (SSSR count). The second-order valence-electron chi connectivity index (χ2n) is 6.51. The van der Waals surface area contributed by atoms with E-state index >= 15 is 0 Å². The lowest BCUT2D eigenvalue weighted by molar-refractivity contribution is -0.129. The van der Waals surface area contributed by atoms with Crippen LogP contribution in [-0.4, -0.2) is 11.9 Å². The molecule has 0 saturated carbocycles. The minimum Gasteiger partial charge on any atom is -0.486 e. The zero-order chi connectivity index (χ0) is 22.0. The molecule has 3 aromatic rings. The van der Waals surface area contributed by atoms with Crippen molar-refractivity contribution in [2.24, 2.45) is 4.99 Å². The first-order valence-corrected chi connectivity index (χ1v) is 11.8. The second kappa shape index (κ2) is 9.69. The molecule has 0 saturated heterocycles. The smallest absolute Gasteiger partial charge is 0.363 e. The van der Waals surface area contributed by atoms with Gasteiger partial charge in [0.1, 0.15) is 12.4 Å². The van der Waals surface area contributed by atoms with Crippen LogP contribution in [0.3, 0.4) is 0 Å². The van der Waals surface area contributed by atoms with Crippen LogP contribution < -0.4 is 4.74 Å². The number of carbonyl (C=O) groups is 1. The summed E-state index contributed by atoms with van der Waals surface area (Å²) in [4.78, 5) is 16.6. The Morgan fingerprint density at radius 2 is 1.65 bits per heavy atom. The number of esters is 1. The number of rotatable bonds is 5. The molecule has 0 radical (unpaired) electrons. The monoisotopic (exact) mass is 623 g/mol. The summed E-state index contributed by atoms with van der Waals surface area (Å²) < 4.78 is 13.8. The molecule has 0 N–H and O–H groups in total. The Balaban J connectivity index is 1.58. The van der Waals surface area contributed by atoms with Gasteiger partial charge in [0.15, 0.2) is 5.70 Å². The van der Waals surface area contributed by atoms with E-state index in [1.165, 1.54) is 0 Å². The predicted octanol–water partition coefficient (Wildman–Crippen LogP) is 7.55. The van der Waals surface area contributed by atoms with Crippen molar-refractivity contribution in [1.29, 1.82) is 0 Å². The maximum Gasteiger partial charge on any atom is 0.363 e. The number of hydrogen-bond acceptors (Lipinski definition) is 4. The molecule has 0 fully saturated rings. The fraction of sp³-hybridized carbons (Fsp3) is 0.0435. The molecule has 3 aromatic carbocycles. The number of halogens is 4. The number of aliphatic imine (C=N–C) groups is 1. The number of cyclic esters (lactones) is 1. The fourth-order valence-corrected chi connectivity index (χ4v) is 4.95. The quantitative estimate of drug-likeness (QED) is 0.217. The van der Waals surface area contributed by atoms with Gasteiger partial charge in [-0.05, 0) is 73.8 Å². The summed E-state index contributed by atoms with van der Waals surface area (Å²) in [6, 6.07) is 18.7. The van der Waals surface area contributed by atoms with E-state index in [1.54, 1.807) is 30.3 Å². The lowest BCUT2D eigenvalue weighted by Crippen LogP contribution is -2.05. The molecule has 1 aliphatic heterocycles. The van der Waals surface area contributed by atoms with E-state index in [-0.39, 0.29) is 11.6 Å². The number of hydrogen-bond donors (Lipinski definition) is 0. The molecule has 1 heterocycles. The molecule has 0 aliphatic carbocycles. The SMILES string of the molecule is O=C1OC(c2ccccc2Cl)=N/C1=C\c1cc(Br)c(OCc2ccccc2Br)c(Br)c1. The Kier molecular flexibility index (Phi) is 6.96. The van der Waals surface area contributed by atoms with Gasteiger partial charge in [-0.3, -0.25) is 0 Å². The average Bonchev–Trinajstić information content (AvgIpc) is 3.09. The van der Waals surface area contributed by atoms with Crippen LogP contribution in [0.2, 0.25) is 5.02 Å². The third kappa shape index (κ3) is 5.12. The number of ether oxygens (including phenoxy) is 2. The van der Waals surface area contributed by atoms with E-state index in [2.05, 4.69) is 52.8 Å². The van der Waals surface area contributed by atoms with Gasteiger partial charge in [0.25, 0.3) is 0 Å². The Morgan fingerprint density at radius 1 is 0.968 bits per heavy atom. The first-order valence-electron chi connectivity index (χ1n) is 9.05. The van der Waals surface area contributed by atoms with Crippen LogP contribution in [0.5, 0.6) is 5.75 Å². The van der Waals surface area contributed by atoms with Crippen molar-refractivity contribution in [3.8, 4) is 5.75 Å². The Hall–Kier alpha value is -1.93. The van der Waals surface area contributed by atoms with Crippen molar-refractivity contribution in [2.75, 3.05) is 0 Å². The topological polar surface area (TPSA) is 47.9 Å². The third-order valence-electron chi connectivity index (χ3n) is 4.38. The summed E-state index contributed by atoms with van der Waals surface area (Å²) in [7, 11) is 0. The fourth-order valence-electron chi connectivity index (χ4n) is 2.88. The van der Waals surface area contributed by atoms with Crippen molar-refractivity contribution in [3.05, 3.63) is 101 Å². The van der Waals surface area contributed by atoms with Crippen molar-refractivity contribution in [3.63, 3.8) is 0 Å². The standard InChI is InChI=1S/C23H13Br3ClNO3/c24-16-7-3-1-5-14(16)12-30-21-17(25)9-13(10-18(21)26)11-20-23(29)31-22(28-20)15-6-2-4-8-19(15)27/h1-11H,12H2/b20-11-. The normalized spacial score (nSPS) is 14.5. The van der Waals surface area contributed by atoms with Crippen LogP contribution in [-0.2, 0) is 16.1 Å². The summed E-state index contributed by atoms with van der Waals surface area (Å²) in [6.07, 6.45) is 1.65. The minimum atomic E-state index is -0.531. The van der Waals surface area contributed by atoms with E-state index in [0.29, 0.717) is 22.9 Å². The van der Waals surface area contributed by atoms with Gasteiger partial charge in [-0.25, -0.2) is 9.79 Å². The highest BCUT2D eigenvalue weighted by atomic mass is 79.9. The van der Waals surface area contributed by atoms with Gasteiger partial charge >= 0.3 is 5.97 Å². The van der Waals surface area contributed by atoms with Crippen molar-refractivity contribution in [1.82, 2.24) is 0 Å². The molecule has 4 nitrogen and oxygen atoms in total. The van der Waals surface area contributed by atoms with Gasteiger partial charge in [0.2, 0.25) is 5.90 Å². The van der Waals surface area contributed by atoms with Gasteiger partial charge in [-0.2, -0.15) is 0 Å². The van der Waals surface area contributed by atoms with Crippen molar-refractivity contribution < 1.29 is 14.3 Å². The number of nitrogens with zero attached hydrogens (tertiary/aromatic N) is 1. The molecule has 0 bridgehead atoms. The van der Waals surface area contributed by atoms with Gasteiger partial charge in [0.05, 0.1) is 19.5 Å². The van der Waals surface area contributed by atoms with Crippen molar-refractivity contribution in [2.45, 2.75) is 6.61 Å². The van der Waals surface area contributed by atoms with Crippen LogP contribution in [0.4, 0.5) is 0 Å². The van der Waals surface area contributed by atoms with Gasteiger partial charge < -0.3 is 9.47 Å². The molecule has 0 amide bonds. The Morgan fingerprint density at radius 3 is 2.35 bits per heavy atom. The average molecular weight is 627 g/mol. The molecule has 1 aliphatic rings. The zero-order valence-electron chi connectivity index (χ0n) is 15.7. The van der Waals surface area contributed by atoms with Crippen molar-refractivity contribution >= 4 is 77.3 Å². The molecular formula is C23H13Br3ClNO3. The third-order valence-corrected chi connectivity index (χ3v) is 6.66. The Bertz CT molecular complexity index is 1220. The second-order valence-corrected chi connectivity index (χ2v) is 9.48. The molecule has 0 aromatic heterocycles. The lowest BCUT2D eigenvalue weighted by Gasteiger charge is -2.12. The van der Waals surface area contributed by atoms with Crippen LogP contribution in [0.25, 0.3) is 6.08 Å². The van der Waals surface area contributed by atoms with E-state index in [1.807, 2.05) is 36.4 Å². The van der Waals surface area contributed by atoms with Crippen LogP contribution >= 0.6 is 59.4 Å².